The van der Waals surface area contributed by atoms with Crippen LogP contribution in [-0.2, 0) is 0 Å². The van der Waals surface area contributed by atoms with Gasteiger partial charge in [0.2, 0.25) is 0 Å². The summed E-state index contributed by atoms with van der Waals surface area (Å²) in [6, 6.07) is 7.22. The number of carboxylic acids is 1. The topological polar surface area (TPSA) is 103 Å². The van der Waals surface area contributed by atoms with Gasteiger partial charge in [0.05, 0.1) is 4.92 Å². The minimum Gasteiger partial charge on any atom is -0.478 e. The Kier molecular flexibility index (Phi) is 3.60. The molecule has 0 spiro atoms. The molecule has 0 aliphatic carbocycles. The smallest absolute Gasteiger partial charge is 0.339 e. The molecule has 0 unspecified atom stereocenters. The second kappa shape index (κ2) is 5.35. The minimum atomic E-state index is -1.18. The van der Waals surface area contributed by atoms with Crippen molar-refractivity contribution >= 4 is 11.7 Å². The lowest BCUT2D eigenvalue weighted by atomic mass is 10.1. The van der Waals surface area contributed by atoms with Gasteiger partial charge in [0, 0.05) is 12.3 Å². The molecule has 0 amide bonds. The van der Waals surface area contributed by atoms with Crippen LogP contribution >= 0.6 is 0 Å². The molecule has 1 N–H and O–H groups in total. The monoisotopic (exact) mass is 274 g/mol. The summed E-state index contributed by atoms with van der Waals surface area (Å²) in [7, 11) is 0. The summed E-state index contributed by atoms with van der Waals surface area (Å²) < 4.78 is 5.36. The zero-order chi connectivity index (χ0) is 14.7. The van der Waals surface area contributed by atoms with Crippen LogP contribution in [-0.4, -0.2) is 21.0 Å². The highest BCUT2D eigenvalue weighted by Crippen LogP contribution is 2.32. The first kappa shape index (κ1) is 13.5. The fourth-order valence-electron chi connectivity index (χ4n) is 1.65. The van der Waals surface area contributed by atoms with Gasteiger partial charge in [0.25, 0.3) is 5.88 Å². The molecule has 1 aromatic carbocycles. The number of hydrogen-bond acceptors (Lipinski definition) is 5. The number of benzene rings is 1. The number of para-hydroxylation sites is 1. The molecule has 20 heavy (non-hydrogen) atoms. The molecule has 0 atom stereocenters. The van der Waals surface area contributed by atoms with Gasteiger partial charge in [0.15, 0.2) is 0 Å². The van der Waals surface area contributed by atoms with Crippen LogP contribution in [0, 0.1) is 17.0 Å². The van der Waals surface area contributed by atoms with E-state index in [0.717, 1.165) is 0 Å². The van der Waals surface area contributed by atoms with E-state index >= 15 is 0 Å². The summed E-state index contributed by atoms with van der Waals surface area (Å²) in [5, 5.41) is 20.0. The first-order chi connectivity index (χ1) is 9.50. The number of pyridine rings is 1. The van der Waals surface area contributed by atoms with Crippen molar-refractivity contribution < 1.29 is 19.6 Å². The molecule has 102 valence electrons. The van der Waals surface area contributed by atoms with Crippen molar-refractivity contribution in [1.29, 1.82) is 0 Å². The van der Waals surface area contributed by atoms with Crippen molar-refractivity contribution in [3.63, 3.8) is 0 Å². The number of hydrogen-bond donors (Lipinski definition) is 1. The van der Waals surface area contributed by atoms with Gasteiger partial charge < -0.3 is 9.84 Å². The number of aryl methyl sites for hydroxylation is 1. The van der Waals surface area contributed by atoms with E-state index in [9.17, 15) is 14.9 Å². The van der Waals surface area contributed by atoms with Crippen molar-refractivity contribution in [1.82, 2.24) is 4.98 Å². The number of nitrogens with zero attached hydrogens (tertiary/aromatic N) is 2. The Hall–Kier alpha value is -2.96. The molecular formula is C13H10N2O5. The quantitative estimate of drug-likeness (QED) is 0.679. The van der Waals surface area contributed by atoms with Gasteiger partial charge >= 0.3 is 11.7 Å². The third kappa shape index (κ3) is 2.56. The van der Waals surface area contributed by atoms with Crippen molar-refractivity contribution in [2.75, 3.05) is 0 Å². The molecule has 1 heterocycles. The fourth-order valence-corrected chi connectivity index (χ4v) is 1.65. The molecule has 0 aliphatic heterocycles. The molecule has 0 bridgehead atoms. The van der Waals surface area contributed by atoms with E-state index in [4.69, 9.17) is 9.84 Å². The van der Waals surface area contributed by atoms with Crippen LogP contribution in [0.5, 0.6) is 11.6 Å². The van der Waals surface area contributed by atoms with E-state index < -0.39 is 10.9 Å². The third-order valence-electron chi connectivity index (χ3n) is 2.59. The first-order valence-electron chi connectivity index (χ1n) is 5.61. The lowest BCUT2D eigenvalue weighted by molar-refractivity contribution is -0.386. The molecular weight excluding hydrogens is 264 g/mol. The molecule has 2 aromatic rings. The van der Waals surface area contributed by atoms with Crippen LogP contribution in [0.4, 0.5) is 5.69 Å². The fraction of sp³-hybridized carbons (Fsp3) is 0.0769. The molecule has 0 fully saturated rings. The Morgan fingerprint density at radius 3 is 2.75 bits per heavy atom. The third-order valence-corrected chi connectivity index (χ3v) is 2.59. The molecule has 0 saturated carbocycles. The molecule has 7 heteroatoms. The Labute approximate surface area is 113 Å². The van der Waals surface area contributed by atoms with Crippen LogP contribution in [0.1, 0.15) is 15.9 Å². The highest BCUT2D eigenvalue weighted by molar-refractivity contribution is 5.91. The van der Waals surface area contributed by atoms with Gasteiger partial charge in [-0.1, -0.05) is 12.1 Å². The van der Waals surface area contributed by atoms with Gasteiger partial charge in [0.1, 0.15) is 11.3 Å². The summed E-state index contributed by atoms with van der Waals surface area (Å²) in [5.74, 6) is -1.38. The summed E-state index contributed by atoms with van der Waals surface area (Å²) in [6.07, 6.45) is 1.33. The van der Waals surface area contributed by atoms with E-state index in [-0.39, 0.29) is 22.9 Å². The Bertz CT molecular complexity index is 684. The molecule has 0 radical (unpaired) electrons. The summed E-state index contributed by atoms with van der Waals surface area (Å²) in [4.78, 5) is 25.2. The van der Waals surface area contributed by atoms with Gasteiger partial charge in [-0.2, -0.15) is 0 Å². The average molecular weight is 274 g/mol. The zero-order valence-electron chi connectivity index (χ0n) is 10.4. The first-order valence-corrected chi connectivity index (χ1v) is 5.61. The Balaban J connectivity index is 2.51. The zero-order valence-corrected chi connectivity index (χ0v) is 10.4. The number of aromatic carboxylic acids is 1. The SMILES string of the molecule is Cc1cccc(C(=O)O)c1Oc1ncccc1[N+](=O)[O-]. The van der Waals surface area contributed by atoms with Crippen LogP contribution in [0.15, 0.2) is 36.5 Å². The van der Waals surface area contributed by atoms with Gasteiger partial charge in [-0.25, -0.2) is 9.78 Å². The molecule has 2 rings (SSSR count). The van der Waals surface area contributed by atoms with E-state index in [0.29, 0.717) is 5.56 Å². The number of aromatic nitrogens is 1. The number of rotatable bonds is 4. The van der Waals surface area contributed by atoms with Gasteiger partial charge in [-0.3, -0.25) is 10.1 Å². The maximum atomic E-state index is 11.1. The lowest BCUT2D eigenvalue weighted by Gasteiger charge is -2.10. The second-order valence-electron chi connectivity index (χ2n) is 3.94. The highest BCUT2D eigenvalue weighted by Gasteiger charge is 2.20. The molecule has 1 aromatic heterocycles. The van der Waals surface area contributed by atoms with Gasteiger partial charge in [-0.05, 0) is 24.6 Å². The van der Waals surface area contributed by atoms with Crippen molar-refractivity contribution in [2.45, 2.75) is 6.92 Å². The predicted molar refractivity (Wildman–Crippen MR) is 69.1 cm³/mol. The number of nitro groups is 1. The van der Waals surface area contributed by atoms with E-state index in [2.05, 4.69) is 4.98 Å². The highest BCUT2D eigenvalue weighted by atomic mass is 16.6. The van der Waals surface area contributed by atoms with E-state index in [1.54, 1.807) is 19.1 Å². The molecule has 0 aliphatic rings. The Morgan fingerprint density at radius 2 is 2.10 bits per heavy atom. The Morgan fingerprint density at radius 1 is 1.35 bits per heavy atom. The minimum absolute atomic E-state index is 0.0433. The second-order valence-corrected chi connectivity index (χ2v) is 3.94. The van der Waals surface area contributed by atoms with Gasteiger partial charge in [-0.15, -0.1) is 0 Å². The average Bonchev–Trinajstić information content (AvgIpc) is 2.41. The lowest BCUT2D eigenvalue weighted by Crippen LogP contribution is -2.03. The maximum Gasteiger partial charge on any atom is 0.339 e. The van der Waals surface area contributed by atoms with Crippen LogP contribution in [0.2, 0.25) is 0 Å². The van der Waals surface area contributed by atoms with Crippen molar-refractivity contribution in [3.05, 3.63) is 57.8 Å². The standard InChI is InChI=1S/C13H10N2O5/c1-8-4-2-5-9(13(16)17)11(8)20-12-10(15(18)19)6-3-7-14-12/h2-7H,1H3,(H,16,17). The van der Waals surface area contributed by atoms with E-state index in [1.807, 2.05) is 0 Å². The van der Waals surface area contributed by atoms with Crippen LogP contribution in [0.3, 0.4) is 0 Å². The normalized spacial score (nSPS) is 10.1. The predicted octanol–water partition coefficient (Wildman–Crippen LogP) is 2.79. The number of carboxylic acid groups (broad SMARTS) is 1. The summed E-state index contributed by atoms with van der Waals surface area (Å²) >= 11 is 0. The van der Waals surface area contributed by atoms with Crippen LogP contribution < -0.4 is 4.74 Å². The van der Waals surface area contributed by atoms with Crippen molar-refractivity contribution in [3.8, 4) is 11.6 Å². The number of carbonyl (C=O) groups is 1. The molecule has 7 nitrogen and oxygen atoms in total. The molecule has 0 saturated heterocycles. The summed E-state index contributed by atoms with van der Waals surface area (Å²) in [5.41, 5.74) is 0.141. The van der Waals surface area contributed by atoms with Crippen molar-refractivity contribution in [2.24, 2.45) is 0 Å². The maximum absolute atomic E-state index is 11.1. The largest absolute Gasteiger partial charge is 0.478 e. The van der Waals surface area contributed by atoms with Crippen LogP contribution in [0.25, 0.3) is 0 Å². The number of ether oxygens (including phenoxy) is 1. The summed E-state index contributed by atoms with van der Waals surface area (Å²) in [6.45, 7) is 1.65. The van der Waals surface area contributed by atoms with E-state index in [1.165, 1.54) is 24.4 Å².